The Hall–Kier alpha value is -1.35. The number of benzene rings is 1. The third kappa shape index (κ3) is 2.73. The second-order valence-corrected chi connectivity index (χ2v) is 6.19. The second kappa shape index (κ2) is 5.96. The summed E-state index contributed by atoms with van der Waals surface area (Å²) >= 11 is 0. The van der Waals surface area contributed by atoms with E-state index in [-0.39, 0.29) is 5.41 Å². The highest BCUT2D eigenvalue weighted by Crippen LogP contribution is 2.36. The van der Waals surface area contributed by atoms with E-state index in [1.54, 1.807) is 0 Å². The van der Waals surface area contributed by atoms with Crippen molar-refractivity contribution in [2.75, 3.05) is 26.2 Å². The normalized spacial score (nSPS) is 26.4. The van der Waals surface area contributed by atoms with Crippen LogP contribution in [0.5, 0.6) is 0 Å². The van der Waals surface area contributed by atoms with Gasteiger partial charge in [-0.25, -0.2) is 0 Å². The Morgan fingerprint density at radius 2 is 2.05 bits per heavy atom. The predicted molar refractivity (Wildman–Crippen MR) is 80.5 cm³/mol. The van der Waals surface area contributed by atoms with Gasteiger partial charge in [-0.05, 0) is 44.2 Å². The van der Waals surface area contributed by atoms with E-state index in [1.165, 1.54) is 12.0 Å². The Kier molecular flexibility index (Phi) is 4.06. The van der Waals surface area contributed by atoms with Crippen LogP contribution in [0.3, 0.4) is 0 Å². The third-order valence-corrected chi connectivity index (χ3v) is 4.80. The van der Waals surface area contributed by atoms with Crippen LogP contribution < -0.4 is 5.32 Å². The summed E-state index contributed by atoms with van der Waals surface area (Å²) in [5, 5.41) is 3.37. The molecule has 1 aromatic rings. The molecule has 2 aliphatic heterocycles. The lowest BCUT2D eigenvalue weighted by molar-refractivity contribution is -0.145. The summed E-state index contributed by atoms with van der Waals surface area (Å²) in [5.41, 5.74) is 1.31. The van der Waals surface area contributed by atoms with Crippen LogP contribution >= 0.6 is 0 Å². The van der Waals surface area contributed by atoms with Gasteiger partial charge in [-0.15, -0.1) is 0 Å². The lowest BCUT2D eigenvalue weighted by Gasteiger charge is -2.39. The van der Waals surface area contributed by atoms with Crippen molar-refractivity contribution in [1.82, 2.24) is 10.2 Å². The summed E-state index contributed by atoms with van der Waals surface area (Å²) in [4.78, 5) is 14.8. The fourth-order valence-corrected chi connectivity index (χ4v) is 3.62. The number of hydrogen-bond donors (Lipinski definition) is 1. The second-order valence-electron chi connectivity index (χ2n) is 6.19. The lowest BCUT2D eigenvalue weighted by atomic mass is 9.78. The van der Waals surface area contributed by atoms with Crippen LogP contribution in [0.2, 0.25) is 0 Å². The summed E-state index contributed by atoms with van der Waals surface area (Å²) in [6.07, 6.45) is 5.41. The van der Waals surface area contributed by atoms with E-state index in [4.69, 9.17) is 0 Å². The minimum atomic E-state index is -0.0645. The van der Waals surface area contributed by atoms with Crippen LogP contribution in [0.4, 0.5) is 0 Å². The molecule has 1 N–H and O–H groups in total. The van der Waals surface area contributed by atoms with Gasteiger partial charge >= 0.3 is 0 Å². The smallest absolute Gasteiger partial charge is 0.230 e. The summed E-state index contributed by atoms with van der Waals surface area (Å²) < 4.78 is 0. The lowest BCUT2D eigenvalue weighted by Crippen LogP contribution is -2.50. The van der Waals surface area contributed by atoms with Crippen LogP contribution in [0.25, 0.3) is 0 Å². The predicted octanol–water partition coefficient (Wildman–Crippen LogP) is 2.22. The Labute approximate surface area is 121 Å². The average Bonchev–Trinajstić information content (AvgIpc) is 2.94. The molecule has 2 fully saturated rings. The van der Waals surface area contributed by atoms with Crippen molar-refractivity contribution in [1.29, 1.82) is 0 Å². The minimum absolute atomic E-state index is 0.0645. The molecule has 1 amide bonds. The zero-order valence-corrected chi connectivity index (χ0v) is 12.1. The Morgan fingerprint density at radius 3 is 2.80 bits per heavy atom. The zero-order valence-electron chi connectivity index (χ0n) is 12.1. The molecule has 1 spiro atoms. The minimum Gasteiger partial charge on any atom is -0.342 e. The molecule has 0 aromatic heterocycles. The molecule has 0 saturated carbocycles. The van der Waals surface area contributed by atoms with E-state index >= 15 is 0 Å². The van der Waals surface area contributed by atoms with Crippen molar-refractivity contribution in [3.05, 3.63) is 35.9 Å². The number of nitrogens with one attached hydrogen (secondary N) is 1. The Balaban J connectivity index is 1.53. The van der Waals surface area contributed by atoms with Gasteiger partial charge < -0.3 is 10.2 Å². The van der Waals surface area contributed by atoms with Gasteiger partial charge in [-0.2, -0.15) is 0 Å². The van der Waals surface area contributed by atoms with E-state index < -0.39 is 0 Å². The van der Waals surface area contributed by atoms with Gasteiger partial charge in [0.05, 0.1) is 5.41 Å². The largest absolute Gasteiger partial charge is 0.342 e. The summed E-state index contributed by atoms with van der Waals surface area (Å²) in [5.74, 6) is 0.404. The van der Waals surface area contributed by atoms with E-state index in [1.807, 2.05) is 0 Å². The summed E-state index contributed by atoms with van der Waals surface area (Å²) in [6, 6.07) is 10.6. The maximum absolute atomic E-state index is 12.7. The Bertz CT molecular complexity index is 451. The molecule has 1 atom stereocenters. The molecule has 2 heterocycles. The van der Waals surface area contributed by atoms with Gasteiger partial charge in [0.1, 0.15) is 0 Å². The molecular formula is C17H24N2O. The molecule has 20 heavy (non-hydrogen) atoms. The molecule has 3 nitrogen and oxygen atoms in total. The van der Waals surface area contributed by atoms with Crippen LogP contribution in [0.15, 0.2) is 30.3 Å². The molecular weight excluding hydrogens is 248 g/mol. The van der Waals surface area contributed by atoms with Crippen LogP contribution in [-0.2, 0) is 11.2 Å². The number of piperidine rings is 1. The molecule has 3 heteroatoms. The van der Waals surface area contributed by atoms with E-state index in [0.29, 0.717) is 5.91 Å². The van der Waals surface area contributed by atoms with Crippen molar-refractivity contribution in [3.63, 3.8) is 0 Å². The zero-order chi connectivity index (χ0) is 13.8. The number of rotatable bonds is 4. The highest BCUT2D eigenvalue weighted by atomic mass is 16.2. The maximum Gasteiger partial charge on any atom is 0.230 e. The Morgan fingerprint density at radius 1 is 1.20 bits per heavy atom. The van der Waals surface area contributed by atoms with Crippen molar-refractivity contribution in [2.45, 2.75) is 32.1 Å². The number of hydrogen-bond acceptors (Lipinski definition) is 2. The van der Waals surface area contributed by atoms with E-state index in [9.17, 15) is 4.79 Å². The average molecular weight is 272 g/mol. The molecule has 1 aromatic carbocycles. The standard InChI is InChI=1S/C17H24N2O/c20-16-17(10-11-18-14-17)9-5-13-19(16)12-4-8-15-6-2-1-3-7-15/h1-3,6-7,18H,4-5,8-14H2. The van der Waals surface area contributed by atoms with Crippen LogP contribution in [0.1, 0.15) is 31.2 Å². The molecule has 0 bridgehead atoms. The molecule has 0 aliphatic carbocycles. The van der Waals surface area contributed by atoms with Crippen molar-refractivity contribution in [3.8, 4) is 0 Å². The topological polar surface area (TPSA) is 32.3 Å². The number of carbonyl (C=O) groups is 1. The molecule has 2 saturated heterocycles. The fraction of sp³-hybridized carbons (Fsp3) is 0.588. The van der Waals surface area contributed by atoms with Crippen LogP contribution in [-0.4, -0.2) is 37.0 Å². The number of amides is 1. The first-order valence-electron chi connectivity index (χ1n) is 7.84. The van der Waals surface area contributed by atoms with Gasteiger partial charge in [0.2, 0.25) is 5.91 Å². The quantitative estimate of drug-likeness (QED) is 0.911. The maximum atomic E-state index is 12.7. The number of aryl methyl sites for hydroxylation is 1. The first-order chi connectivity index (χ1) is 9.80. The molecule has 108 valence electrons. The molecule has 2 aliphatic rings. The fourth-order valence-electron chi connectivity index (χ4n) is 3.62. The first-order valence-corrected chi connectivity index (χ1v) is 7.84. The molecule has 3 rings (SSSR count). The van der Waals surface area contributed by atoms with Crippen LogP contribution in [0, 0.1) is 5.41 Å². The SMILES string of the molecule is O=C1N(CCCc2ccccc2)CCCC12CCNC2. The van der Waals surface area contributed by atoms with Crippen molar-refractivity contribution < 1.29 is 4.79 Å². The number of carbonyl (C=O) groups excluding carboxylic acids is 1. The van der Waals surface area contributed by atoms with Gasteiger partial charge in [0, 0.05) is 19.6 Å². The summed E-state index contributed by atoms with van der Waals surface area (Å²) in [6.45, 7) is 3.76. The third-order valence-electron chi connectivity index (χ3n) is 4.80. The van der Waals surface area contributed by atoms with Gasteiger partial charge in [-0.3, -0.25) is 4.79 Å². The molecule has 1 unspecified atom stereocenters. The monoisotopic (exact) mass is 272 g/mol. The molecule has 0 radical (unpaired) electrons. The highest BCUT2D eigenvalue weighted by Gasteiger charge is 2.45. The van der Waals surface area contributed by atoms with Gasteiger partial charge in [0.15, 0.2) is 0 Å². The summed E-state index contributed by atoms with van der Waals surface area (Å²) in [7, 11) is 0. The van der Waals surface area contributed by atoms with Gasteiger partial charge in [0.25, 0.3) is 0 Å². The van der Waals surface area contributed by atoms with E-state index in [2.05, 4.69) is 40.5 Å². The first kappa shape index (κ1) is 13.6. The number of nitrogens with zero attached hydrogens (tertiary/aromatic N) is 1. The van der Waals surface area contributed by atoms with Gasteiger partial charge in [-0.1, -0.05) is 30.3 Å². The van der Waals surface area contributed by atoms with E-state index in [0.717, 1.165) is 51.9 Å². The highest BCUT2D eigenvalue weighted by molar-refractivity contribution is 5.84. The number of likely N-dealkylation sites (tertiary alicyclic amines) is 1. The van der Waals surface area contributed by atoms with Crippen molar-refractivity contribution in [2.24, 2.45) is 5.41 Å². The van der Waals surface area contributed by atoms with Crippen molar-refractivity contribution >= 4 is 5.91 Å².